The first-order valence-electron chi connectivity index (χ1n) is 3.66. The summed E-state index contributed by atoms with van der Waals surface area (Å²) in [5, 5.41) is 0. The minimum Gasteiger partial charge on any atom is -0.398 e. The first kappa shape index (κ1) is 9.27. The normalized spacial score (nSPS) is 8.77. The van der Waals surface area contributed by atoms with Crippen LogP contribution >= 0.6 is 0 Å². The van der Waals surface area contributed by atoms with E-state index in [0.717, 1.165) is 0 Å². The van der Waals surface area contributed by atoms with E-state index in [0.29, 0.717) is 17.5 Å². The molecule has 0 saturated heterocycles. The summed E-state index contributed by atoms with van der Waals surface area (Å²) in [7, 11) is 0. The maximum atomic E-state index is 13.3. The third kappa shape index (κ3) is 1.85. The molecule has 0 aromatic heterocycles. The molecule has 0 radical (unpaired) electrons. The lowest BCUT2D eigenvalue weighted by Crippen LogP contribution is -1.95. The fourth-order valence-electron chi connectivity index (χ4n) is 0.904. The van der Waals surface area contributed by atoms with Crippen molar-refractivity contribution in [3.05, 3.63) is 29.1 Å². The van der Waals surface area contributed by atoms with Gasteiger partial charge in [0.25, 0.3) is 0 Å². The van der Waals surface area contributed by atoms with Gasteiger partial charge in [-0.25, -0.2) is 4.39 Å². The summed E-state index contributed by atoms with van der Waals surface area (Å²) in [5.74, 6) is 4.06. The zero-order chi connectivity index (χ0) is 9.84. The van der Waals surface area contributed by atoms with E-state index in [2.05, 4.69) is 11.8 Å². The lowest BCUT2D eigenvalue weighted by atomic mass is 10.1. The van der Waals surface area contributed by atoms with Crippen LogP contribution in [-0.2, 0) is 4.79 Å². The van der Waals surface area contributed by atoms with Crippen molar-refractivity contribution in [1.82, 2.24) is 0 Å². The molecule has 0 saturated carbocycles. The van der Waals surface area contributed by atoms with Crippen LogP contribution in [0.25, 0.3) is 0 Å². The molecule has 0 fully saturated rings. The van der Waals surface area contributed by atoms with Gasteiger partial charge in [0.15, 0.2) is 6.29 Å². The Balaban J connectivity index is 3.25. The maximum Gasteiger partial charge on any atom is 0.193 e. The van der Waals surface area contributed by atoms with E-state index < -0.39 is 5.82 Å². The van der Waals surface area contributed by atoms with Gasteiger partial charge in [0.05, 0.1) is 5.56 Å². The van der Waals surface area contributed by atoms with Crippen molar-refractivity contribution in [2.45, 2.75) is 6.92 Å². The topological polar surface area (TPSA) is 43.1 Å². The molecule has 0 amide bonds. The van der Waals surface area contributed by atoms with E-state index in [1.807, 2.05) is 0 Å². The van der Waals surface area contributed by atoms with Gasteiger partial charge in [-0.3, -0.25) is 4.79 Å². The molecule has 0 atom stereocenters. The van der Waals surface area contributed by atoms with Gasteiger partial charge in [-0.15, -0.1) is 0 Å². The van der Waals surface area contributed by atoms with E-state index in [4.69, 9.17) is 5.73 Å². The molecule has 0 aliphatic carbocycles. The van der Waals surface area contributed by atoms with Gasteiger partial charge >= 0.3 is 0 Å². The standard InChI is InChI=1S/C10H8FNO/c1-7-9(12)5-4-8(10(7)11)3-2-6-13/h4-6H,12H2,1H3. The third-order valence-corrected chi connectivity index (χ3v) is 1.69. The second-order valence-electron chi connectivity index (χ2n) is 2.53. The van der Waals surface area contributed by atoms with E-state index in [9.17, 15) is 9.18 Å². The highest BCUT2D eigenvalue weighted by molar-refractivity contribution is 5.74. The molecule has 1 aromatic carbocycles. The Hall–Kier alpha value is -1.82. The van der Waals surface area contributed by atoms with E-state index in [-0.39, 0.29) is 5.56 Å². The Labute approximate surface area is 75.6 Å². The fraction of sp³-hybridized carbons (Fsp3) is 0.100. The molecular formula is C10H8FNO. The number of aldehydes is 1. The lowest BCUT2D eigenvalue weighted by Gasteiger charge is -2.02. The van der Waals surface area contributed by atoms with Crippen LogP contribution in [0.5, 0.6) is 0 Å². The van der Waals surface area contributed by atoms with Crippen molar-refractivity contribution in [2.75, 3.05) is 5.73 Å². The Bertz CT molecular complexity index is 401. The molecule has 2 N–H and O–H groups in total. The summed E-state index contributed by atoms with van der Waals surface area (Å²) in [6.45, 7) is 1.57. The third-order valence-electron chi connectivity index (χ3n) is 1.69. The van der Waals surface area contributed by atoms with Crippen LogP contribution in [-0.4, -0.2) is 6.29 Å². The zero-order valence-corrected chi connectivity index (χ0v) is 7.10. The van der Waals surface area contributed by atoms with Crippen molar-refractivity contribution in [3.8, 4) is 11.8 Å². The molecule has 0 heterocycles. The highest BCUT2D eigenvalue weighted by Crippen LogP contribution is 2.17. The molecule has 2 nitrogen and oxygen atoms in total. The minimum atomic E-state index is -0.464. The van der Waals surface area contributed by atoms with Gasteiger partial charge in [0, 0.05) is 11.3 Å². The Kier molecular flexibility index (Phi) is 2.65. The van der Waals surface area contributed by atoms with Gasteiger partial charge < -0.3 is 5.73 Å². The van der Waals surface area contributed by atoms with Gasteiger partial charge in [0.2, 0.25) is 0 Å². The van der Waals surface area contributed by atoms with Gasteiger partial charge in [-0.05, 0) is 25.0 Å². The second-order valence-corrected chi connectivity index (χ2v) is 2.53. The van der Waals surface area contributed by atoms with E-state index in [1.54, 1.807) is 13.0 Å². The first-order chi connectivity index (χ1) is 6.16. The van der Waals surface area contributed by atoms with Gasteiger partial charge in [0.1, 0.15) is 5.82 Å². The molecule has 0 unspecified atom stereocenters. The number of halogens is 1. The van der Waals surface area contributed by atoms with Crippen LogP contribution in [0.2, 0.25) is 0 Å². The summed E-state index contributed by atoms with van der Waals surface area (Å²) in [4.78, 5) is 9.92. The van der Waals surface area contributed by atoms with Crippen molar-refractivity contribution in [3.63, 3.8) is 0 Å². The smallest absolute Gasteiger partial charge is 0.193 e. The largest absolute Gasteiger partial charge is 0.398 e. The zero-order valence-electron chi connectivity index (χ0n) is 7.10. The number of carbonyl (C=O) groups is 1. The highest BCUT2D eigenvalue weighted by Gasteiger charge is 2.05. The lowest BCUT2D eigenvalue weighted by molar-refractivity contribution is -0.103. The van der Waals surface area contributed by atoms with E-state index in [1.165, 1.54) is 6.07 Å². The number of rotatable bonds is 0. The summed E-state index contributed by atoms with van der Waals surface area (Å²) in [6, 6.07) is 3.02. The van der Waals surface area contributed by atoms with Gasteiger partial charge in [-0.2, -0.15) is 0 Å². The summed E-state index contributed by atoms with van der Waals surface area (Å²) < 4.78 is 13.3. The molecular weight excluding hydrogens is 169 g/mol. The predicted molar refractivity (Wildman–Crippen MR) is 48.5 cm³/mol. The van der Waals surface area contributed by atoms with Crippen molar-refractivity contribution >= 4 is 12.0 Å². The molecule has 3 heteroatoms. The molecule has 1 rings (SSSR count). The Morgan fingerprint density at radius 3 is 2.85 bits per heavy atom. The van der Waals surface area contributed by atoms with Crippen LogP contribution in [0.4, 0.5) is 10.1 Å². The first-order valence-corrected chi connectivity index (χ1v) is 3.66. The molecule has 66 valence electrons. The van der Waals surface area contributed by atoms with Crippen LogP contribution in [0.3, 0.4) is 0 Å². The molecule has 0 bridgehead atoms. The van der Waals surface area contributed by atoms with Crippen LogP contribution in [0.15, 0.2) is 12.1 Å². The monoisotopic (exact) mass is 177 g/mol. The minimum absolute atomic E-state index is 0.193. The summed E-state index contributed by atoms with van der Waals surface area (Å²) in [6.07, 6.45) is 0.422. The Morgan fingerprint density at radius 1 is 1.54 bits per heavy atom. The van der Waals surface area contributed by atoms with Crippen LogP contribution in [0, 0.1) is 24.6 Å². The number of nitrogen functional groups attached to an aromatic ring is 1. The predicted octanol–water partition coefficient (Wildman–Crippen LogP) is 1.27. The number of benzene rings is 1. The van der Waals surface area contributed by atoms with Crippen molar-refractivity contribution < 1.29 is 9.18 Å². The average molecular weight is 177 g/mol. The second kappa shape index (κ2) is 3.72. The quantitative estimate of drug-likeness (QED) is 0.368. The molecule has 13 heavy (non-hydrogen) atoms. The maximum absolute atomic E-state index is 13.3. The van der Waals surface area contributed by atoms with Crippen LogP contribution < -0.4 is 5.73 Å². The molecule has 0 spiro atoms. The number of nitrogens with two attached hydrogens (primary N) is 1. The van der Waals surface area contributed by atoms with Gasteiger partial charge in [-0.1, -0.05) is 5.92 Å². The molecule has 1 aromatic rings. The fourth-order valence-corrected chi connectivity index (χ4v) is 0.904. The Morgan fingerprint density at radius 2 is 2.23 bits per heavy atom. The van der Waals surface area contributed by atoms with E-state index >= 15 is 0 Å². The molecule has 0 aliphatic rings. The highest BCUT2D eigenvalue weighted by atomic mass is 19.1. The van der Waals surface area contributed by atoms with Crippen molar-refractivity contribution in [1.29, 1.82) is 0 Å². The number of hydrogen-bond acceptors (Lipinski definition) is 2. The van der Waals surface area contributed by atoms with Crippen molar-refractivity contribution in [2.24, 2.45) is 0 Å². The number of carbonyl (C=O) groups excluding carboxylic acids is 1. The average Bonchev–Trinajstić information content (AvgIpc) is 2.13. The summed E-state index contributed by atoms with van der Waals surface area (Å²) >= 11 is 0. The number of anilines is 1. The molecule has 0 aliphatic heterocycles. The number of hydrogen-bond donors (Lipinski definition) is 1. The SMILES string of the molecule is Cc1c(N)ccc(C#CC=O)c1F. The van der Waals surface area contributed by atoms with Crippen LogP contribution in [0.1, 0.15) is 11.1 Å². The summed E-state index contributed by atoms with van der Waals surface area (Å²) in [5.41, 5.74) is 6.40.